The zero-order valence-electron chi connectivity index (χ0n) is 10.1. The number of rotatable bonds is 4. The number of methoxy groups -OCH3 is 1. The lowest BCUT2D eigenvalue weighted by molar-refractivity contribution is -0.136. The third-order valence-electron chi connectivity index (χ3n) is 2.46. The third-order valence-corrected chi connectivity index (χ3v) is 2.46. The molecule has 0 bridgehead atoms. The van der Waals surface area contributed by atoms with Gasteiger partial charge in [0.2, 0.25) is 5.88 Å². The summed E-state index contributed by atoms with van der Waals surface area (Å²) in [7, 11) is 1.40. The molecule has 2 rings (SSSR count). The van der Waals surface area contributed by atoms with Crippen molar-refractivity contribution < 1.29 is 19.0 Å². The molecule has 0 aliphatic rings. The smallest absolute Gasteiger partial charge is 0.308 e. The summed E-state index contributed by atoms with van der Waals surface area (Å²) in [5.41, 5.74) is 1.02. The first kappa shape index (κ1) is 12.9. The highest BCUT2D eigenvalue weighted by Crippen LogP contribution is 2.21. The summed E-state index contributed by atoms with van der Waals surface area (Å²) in [5, 5.41) is 8.75. The zero-order chi connectivity index (χ0) is 13.8. The lowest BCUT2D eigenvalue weighted by Crippen LogP contribution is -2.05. The second kappa shape index (κ2) is 5.43. The van der Waals surface area contributed by atoms with Crippen molar-refractivity contribution in [2.45, 2.75) is 6.42 Å². The maximum absolute atomic E-state index is 12.8. The Bertz CT molecular complexity index is 599. The van der Waals surface area contributed by atoms with Crippen LogP contribution in [0.15, 0.2) is 30.5 Å². The molecule has 0 spiro atoms. The van der Waals surface area contributed by atoms with Crippen LogP contribution in [0.1, 0.15) is 5.56 Å². The average molecular weight is 262 g/mol. The van der Waals surface area contributed by atoms with Crippen molar-refractivity contribution in [3.8, 4) is 17.3 Å². The maximum atomic E-state index is 12.8. The summed E-state index contributed by atoms with van der Waals surface area (Å²) >= 11 is 0. The first-order valence-corrected chi connectivity index (χ1v) is 5.48. The molecule has 0 amide bonds. The summed E-state index contributed by atoms with van der Waals surface area (Å²) in [6.07, 6.45) is 1.19. The Morgan fingerprint density at radius 3 is 2.63 bits per heavy atom. The second-order valence-electron chi connectivity index (χ2n) is 3.81. The van der Waals surface area contributed by atoms with Crippen LogP contribution >= 0.6 is 0 Å². The van der Waals surface area contributed by atoms with Crippen molar-refractivity contribution >= 4 is 5.97 Å². The number of carboxylic acid groups (broad SMARTS) is 1. The number of halogens is 1. The van der Waals surface area contributed by atoms with Gasteiger partial charge in [0.1, 0.15) is 5.82 Å². The van der Waals surface area contributed by atoms with Gasteiger partial charge >= 0.3 is 5.97 Å². The standard InChI is InChI=1S/C13H11FN2O3/c1-19-13-9(6-11(17)18)7-15-12(16-13)8-2-4-10(14)5-3-8/h2-5,7H,6H2,1H3,(H,17,18). The minimum Gasteiger partial charge on any atom is -0.481 e. The van der Waals surface area contributed by atoms with Crippen molar-refractivity contribution in [3.05, 3.63) is 41.8 Å². The molecule has 0 saturated carbocycles. The highest BCUT2D eigenvalue weighted by molar-refractivity contribution is 5.71. The van der Waals surface area contributed by atoms with E-state index in [1.54, 1.807) is 12.1 Å². The molecule has 0 atom stereocenters. The summed E-state index contributed by atoms with van der Waals surface area (Å²) < 4.78 is 17.9. The third kappa shape index (κ3) is 3.04. The van der Waals surface area contributed by atoms with Crippen LogP contribution in [-0.4, -0.2) is 28.2 Å². The summed E-state index contributed by atoms with van der Waals surface area (Å²) in [6, 6.07) is 5.69. The normalized spacial score (nSPS) is 10.2. The summed E-state index contributed by atoms with van der Waals surface area (Å²) in [6.45, 7) is 0. The van der Waals surface area contributed by atoms with Gasteiger partial charge in [-0.05, 0) is 24.3 Å². The molecule has 0 saturated heterocycles. The Hall–Kier alpha value is -2.50. The van der Waals surface area contributed by atoms with E-state index in [1.165, 1.54) is 25.4 Å². The Labute approximate surface area is 108 Å². The van der Waals surface area contributed by atoms with Crippen LogP contribution in [0.3, 0.4) is 0 Å². The topological polar surface area (TPSA) is 72.3 Å². The van der Waals surface area contributed by atoms with Gasteiger partial charge < -0.3 is 9.84 Å². The quantitative estimate of drug-likeness (QED) is 0.911. The molecule has 1 N–H and O–H groups in total. The van der Waals surface area contributed by atoms with Crippen LogP contribution in [0.5, 0.6) is 5.88 Å². The van der Waals surface area contributed by atoms with E-state index in [0.29, 0.717) is 17.0 Å². The molecular weight excluding hydrogens is 251 g/mol. The monoisotopic (exact) mass is 262 g/mol. The summed E-state index contributed by atoms with van der Waals surface area (Å²) in [4.78, 5) is 18.9. The highest BCUT2D eigenvalue weighted by atomic mass is 19.1. The van der Waals surface area contributed by atoms with Gasteiger partial charge in [-0.2, -0.15) is 4.98 Å². The van der Waals surface area contributed by atoms with Crippen LogP contribution < -0.4 is 4.74 Å². The molecule has 0 aliphatic heterocycles. The molecule has 19 heavy (non-hydrogen) atoms. The van der Waals surface area contributed by atoms with E-state index in [1.807, 2.05) is 0 Å². The first-order chi connectivity index (χ1) is 9.10. The van der Waals surface area contributed by atoms with Gasteiger partial charge in [0.25, 0.3) is 0 Å². The molecular formula is C13H11FN2O3. The van der Waals surface area contributed by atoms with E-state index < -0.39 is 5.97 Å². The van der Waals surface area contributed by atoms with Crippen molar-refractivity contribution in [1.82, 2.24) is 9.97 Å². The molecule has 1 heterocycles. The van der Waals surface area contributed by atoms with Crippen LogP contribution in [0.25, 0.3) is 11.4 Å². The van der Waals surface area contributed by atoms with Gasteiger partial charge in [0.05, 0.1) is 13.5 Å². The Morgan fingerprint density at radius 1 is 1.37 bits per heavy atom. The second-order valence-corrected chi connectivity index (χ2v) is 3.81. The van der Waals surface area contributed by atoms with E-state index >= 15 is 0 Å². The number of ether oxygens (including phenoxy) is 1. The number of hydrogen-bond donors (Lipinski definition) is 1. The lowest BCUT2D eigenvalue weighted by Gasteiger charge is -2.07. The van der Waals surface area contributed by atoms with Gasteiger partial charge in [-0.3, -0.25) is 4.79 Å². The number of nitrogens with zero attached hydrogens (tertiary/aromatic N) is 2. The van der Waals surface area contributed by atoms with Gasteiger partial charge in [0.15, 0.2) is 5.82 Å². The highest BCUT2D eigenvalue weighted by Gasteiger charge is 2.12. The number of hydrogen-bond acceptors (Lipinski definition) is 4. The van der Waals surface area contributed by atoms with E-state index in [-0.39, 0.29) is 18.1 Å². The molecule has 6 heteroatoms. The molecule has 1 aromatic heterocycles. The maximum Gasteiger partial charge on any atom is 0.308 e. The largest absolute Gasteiger partial charge is 0.481 e. The Kier molecular flexibility index (Phi) is 3.70. The van der Waals surface area contributed by atoms with E-state index in [4.69, 9.17) is 9.84 Å². The molecule has 2 aromatic rings. The first-order valence-electron chi connectivity index (χ1n) is 5.48. The van der Waals surface area contributed by atoms with E-state index in [2.05, 4.69) is 9.97 Å². The molecule has 98 valence electrons. The number of carbonyl (C=O) groups is 1. The van der Waals surface area contributed by atoms with Crippen molar-refractivity contribution in [2.75, 3.05) is 7.11 Å². The number of aliphatic carboxylic acids is 1. The fourth-order valence-corrected chi connectivity index (χ4v) is 1.59. The Morgan fingerprint density at radius 2 is 2.05 bits per heavy atom. The number of benzene rings is 1. The predicted octanol–water partition coefficient (Wildman–Crippen LogP) is 1.92. The molecule has 1 aromatic carbocycles. The molecule has 0 radical (unpaired) electrons. The Balaban J connectivity index is 2.38. The van der Waals surface area contributed by atoms with Crippen molar-refractivity contribution in [1.29, 1.82) is 0 Å². The van der Waals surface area contributed by atoms with Crippen LogP contribution in [-0.2, 0) is 11.2 Å². The van der Waals surface area contributed by atoms with Crippen molar-refractivity contribution in [3.63, 3.8) is 0 Å². The van der Waals surface area contributed by atoms with E-state index in [9.17, 15) is 9.18 Å². The molecule has 5 nitrogen and oxygen atoms in total. The fraction of sp³-hybridized carbons (Fsp3) is 0.154. The number of carboxylic acids is 1. The zero-order valence-corrected chi connectivity index (χ0v) is 10.1. The molecule has 0 unspecified atom stereocenters. The molecule has 0 fully saturated rings. The van der Waals surface area contributed by atoms with Crippen molar-refractivity contribution in [2.24, 2.45) is 0 Å². The fourth-order valence-electron chi connectivity index (χ4n) is 1.59. The van der Waals surface area contributed by atoms with Gasteiger partial charge in [0, 0.05) is 17.3 Å². The van der Waals surface area contributed by atoms with Crippen LogP contribution in [0.4, 0.5) is 4.39 Å². The SMILES string of the molecule is COc1nc(-c2ccc(F)cc2)ncc1CC(=O)O. The average Bonchev–Trinajstić information content (AvgIpc) is 2.39. The van der Waals surface area contributed by atoms with Crippen LogP contribution in [0.2, 0.25) is 0 Å². The summed E-state index contributed by atoms with van der Waals surface area (Å²) in [5.74, 6) is -0.780. The lowest BCUT2D eigenvalue weighted by atomic mass is 10.2. The van der Waals surface area contributed by atoms with Gasteiger partial charge in [-0.1, -0.05) is 0 Å². The minimum atomic E-state index is -0.989. The molecule has 0 aliphatic carbocycles. The van der Waals surface area contributed by atoms with Gasteiger partial charge in [-0.25, -0.2) is 9.37 Å². The minimum absolute atomic E-state index is 0.205. The van der Waals surface area contributed by atoms with E-state index in [0.717, 1.165) is 0 Å². The number of aromatic nitrogens is 2. The van der Waals surface area contributed by atoms with Crippen LogP contribution in [0, 0.1) is 5.82 Å². The van der Waals surface area contributed by atoms with Gasteiger partial charge in [-0.15, -0.1) is 0 Å². The predicted molar refractivity (Wildman–Crippen MR) is 65.3 cm³/mol.